The summed E-state index contributed by atoms with van der Waals surface area (Å²) in [4.78, 5) is 22.5. The minimum atomic E-state index is -0.0126. The van der Waals surface area contributed by atoms with E-state index in [0.29, 0.717) is 36.0 Å². The van der Waals surface area contributed by atoms with Gasteiger partial charge >= 0.3 is 0 Å². The van der Waals surface area contributed by atoms with Crippen LogP contribution in [-0.4, -0.2) is 54.2 Å². The molecule has 1 aliphatic rings. The van der Waals surface area contributed by atoms with Crippen molar-refractivity contribution in [3.63, 3.8) is 0 Å². The number of rotatable bonds is 5. The predicted molar refractivity (Wildman–Crippen MR) is 91.1 cm³/mol. The molecule has 1 aromatic carbocycles. The summed E-state index contributed by atoms with van der Waals surface area (Å²) >= 11 is 0. The Hall–Kier alpha value is -2.83. The lowest BCUT2D eigenvalue weighted by Gasteiger charge is -2.32. The maximum atomic E-state index is 12.7. The van der Waals surface area contributed by atoms with Crippen LogP contribution in [0, 0.1) is 0 Å². The van der Waals surface area contributed by atoms with Crippen molar-refractivity contribution in [3.8, 4) is 17.4 Å². The number of piperidine rings is 1. The van der Waals surface area contributed by atoms with Crippen LogP contribution >= 0.6 is 0 Å². The van der Waals surface area contributed by atoms with Crippen molar-refractivity contribution in [2.24, 2.45) is 0 Å². The summed E-state index contributed by atoms with van der Waals surface area (Å²) in [6.45, 7) is 1.28. The number of hydrogen-bond acceptors (Lipinski definition) is 6. The number of nitrogens with zero attached hydrogens (tertiary/aromatic N) is 3. The maximum absolute atomic E-state index is 12.7. The van der Waals surface area contributed by atoms with E-state index in [2.05, 4.69) is 9.97 Å². The number of aromatic nitrogens is 2. The number of hydrogen-bond donors (Lipinski definition) is 0. The second kappa shape index (κ2) is 7.83. The highest BCUT2D eigenvalue weighted by atomic mass is 16.5. The van der Waals surface area contributed by atoms with Crippen LogP contribution in [0.5, 0.6) is 17.4 Å². The summed E-state index contributed by atoms with van der Waals surface area (Å²) in [6.07, 6.45) is 4.71. The summed E-state index contributed by atoms with van der Waals surface area (Å²) in [5.74, 6) is 1.72. The van der Waals surface area contributed by atoms with Gasteiger partial charge in [0.25, 0.3) is 5.91 Å². The lowest BCUT2D eigenvalue weighted by atomic mass is 10.1. The molecule has 2 heterocycles. The lowest BCUT2D eigenvalue weighted by Crippen LogP contribution is -2.41. The fraction of sp³-hybridized carbons (Fsp3) is 0.389. The Morgan fingerprint density at radius 3 is 2.52 bits per heavy atom. The first-order valence-electron chi connectivity index (χ1n) is 8.15. The van der Waals surface area contributed by atoms with Crippen molar-refractivity contribution in [1.29, 1.82) is 0 Å². The first-order chi connectivity index (χ1) is 12.2. The molecule has 0 N–H and O–H groups in total. The van der Waals surface area contributed by atoms with Gasteiger partial charge in [0.15, 0.2) is 11.5 Å². The Morgan fingerprint density at radius 1 is 1.12 bits per heavy atom. The molecule has 0 spiro atoms. The van der Waals surface area contributed by atoms with Crippen molar-refractivity contribution < 1.29 is 19.0 Å². The topological polar surface area (TPSA) is 73.8 Å². The largest absolute Gasteiger partial charge is 0.493 e. The number of carbonyl (C=O) groups is 1. The fourth-order valence-electron chi connectivity index (χ4n) is 2.85. The minimum Gasteiger partial charge on any atom is -0.493 e. The van der Waals surface area contributed by atoms with E-state index in [-0.39, 0.29) is 12.0 Å². The number of benzene rings is 1. The molecular formula is C18H21N3O4. The van der Waals surface area contributed by atoms with Gasteiger partial charge < -0.3 is 19.1 Å². The number of amides is 1. The highest BCUT2D eigenvalue weighted by Gasteiger charge is 2.25. The van der Waals surface area contributed by atoms with Crippen LogP contribution in [0.4, 0.5) is 0 Å². The van der Waals surface area contributed by atoms with Gasteiger partial charge in [-0.3, -0.25) is 4.79 Å². The quantitative estimate of drug-likeness (QED) is 0.828. The molecule has 1 aromatic heterocycles. The molecule has 0 aliphatic carbocycles. The van der Waals surface area contributed by atoms with Gasteiger partial charge in [0.1, 0.15) is 12.4 Å². The SMILES string of the molecule is COc1ccc(C(=O)N2CCC(Oc3ccncn3)CC2)cc1OC. The Labute approximate surface area is 146 Å². The Balaban J connectivity index is 1.60. The van der Waals surface area contributed by atoms with Crippen LogP contribution in [-0.2, 0) is 0 Å². The van der Waals surface area contributed by atoms with Crippen molar-refractivity contribution >= 4 is 5.91 Å². The number of likely N-dealkylation sites (tertiary alicyclic amines) is 1. The zero-order valence-corrected chi connectivity index (χ0v) is 14.3. The highest BCUT2D eigenvalue weighted by molar-refractivity contribution is 5.95. The lowest BCUT2D eigenvalue weighted by molar-refractivity contribution is 0.0587. The Morgan fingerprint density at radius 2 is 1.88 bits per heavy atom. The van der Waals surface area contributed by atoms with Crippen LogP contribution < -0.4 is 14.2 Å². The zero-order valence-electron chi connectivity index (χ0n) is 14.3. The van der Waals surface area contributed by atoms with E-state index in [1.165, 1.54) is 6.33 Å². The van der Waals surface area contributed by atoms with Crippen LogP contribution in [0.1, 0.15) is 23.2 Å². The molecule has 0 saturated carbocycles. The zero-order chi connectivity index (χ0) is 17.6. The molecule has 132 valence electrons. The second-order valence-electron chi connectivity index (χ2n) is 5.73. The molecule has 1 saturated heterocycles. The van der Waals surface area contributed by atoms with Gasteiger partial charge in [-0.25, -0.2) is 9.97 Å². The highest BCUT2D eigenvalue weighted by Crippen LogP contribution is 2.28. The summed E-state index contributed by atoms with van der Waals surface area (Å²) in [5.41, 5.74) is 0.591. The molecule has 25 heavy (non-hydrogen) atoms. The van der Waals surface area contributed by atoms with Gasteiger partial charge in [-0.2, -0.15) is 0 Å². The third kappa shape index (κ3) is 3.99. The van der Waals surface area contributed by atoms with Gasteiger partial charge in [0, 0.05) is 43.8 Å². The van der Waals surface area contributed by atoms with Gasteiger partial charge in [-0.05, 0) is 18.2 Å². The molecule has 2 aromatic rings. The van der Waals surface area contributed by atoms with Gasteiger partial charge in [-0.15, -0.1) is 0 Å². The molecule has 7 heteroatoms. The fourth-order valence-corrected chi connectivity index (χ4v) is 2.85. The molecule has 1 amide bonds. The summed E-state index contributed by atoms with van der Waals surface area (Å²) in [6, 6.07) is 6.95. The van der Waals surface area contributed by atoms with Gasteiger partial charge in [0.2, 0.25) is 5.88 Å². The minimum absolute atomic E-state index is 0.0126. The van der Waals surface area contributed by atoms with E-state index < -0.39 is 0 Å². The first-order valence-corrected chi connectivity index (χ1v) is 8.15. The van der Waals surface area contributed by atoms with Crippen molar-refractivity contribution in [2.75, 3.05) is 27.3 Å². The average Bonchev–Trinajstić information content (AvgIpc) is 2.68. The third-order valence-corrected chi connectivity index (χ3v) is 4.20. The molecule has 1 aliphatic heterocycles. The monoisotopic (exact) mass is 343 g/mol. The standard InChI is InChI=1S/C18H21N3O4/c1-23-15-4-3-13(11-16(15)24-2)18(22)21-9-6-14(7-10-21)25-17-5-8-19-12-20-17/h3-5,8,11-12,14H,6-7,9-10H2,1-2H3. The van der Waals surface area contributed by atoms with E-state index in [4.69, 9.17) is 14.2 Å². The first kappa shape index (κ1) is 17.0. The molecule has 0 radical (unpaired) electrons. The van der Waals surface area contributed by atoms with Crippen LogP contribution in [0.2, 0.25) is 0 Å². The molecule has 3 rings (SSSR count). The summed E-state index contributed by atoms with van der Waals surface area (Å²) < 4.78 is 16.3. The molecule has 0 unspecified atom stereocenters. The van der Waals surface area contributed by atoms with Crippen LogP contribution in [0.15, 0.2) is 36.8 Å². The second-order valence-corrected chi connectivity index (χ2v) is 5.73. The molecular weight excluding hydrogens is 322 g/mol. The van der Waals surface area contributed by atoms with E-state index in [1.54, 1.807) is 44.7 Å². The smallest absolute Gasteiger partial charge is 0.253 e. The predicted octanol–water partition coefficient (Wildman–Crippen LogP) is 2.18. The number of carbonyl (C=O) groups excluding carboxylic acids is 1. The Kier molecular flexibility index (Phi) is 5.33. The average molecular weight is 343 g/mol. The van der Waals surface area contributed by atoms with Crippen LogP contribution in [0.25, 0.3) is 0 Å². The van der Waals surface area contributed by atoms with Gasteiger partial charge in [-0.1, -0.05) is 0 Å². The van der Waals surface area contributed by atoms with Crippen LogP contribution in [0.3, 0.4) is 0 Å². The molecule has 1 fully saturated rings. The van der Waals surface area contributed by atoms with E-state index in [9.17, 15) is 4.79 Å². The molecule has 7 nitrogen and oxygen atoms in total. The number of methoxy groups -OCH3 is 2. The van der Waals surface area contributed by atoms with Crippen molar-refractivity contribution in [1.82, 2.24) is 14.9 Å². The summed E-state index contributed by atoms with van der Waals surface area (Å²) in [7, 11) is 3.13. The maximum Gasteiger partial charge on any atom is 0.253 e. The Bertz CT molecular complexity index is 716. The normalized spacial score (nSPS) is 14.9. The van der Waals surface area contributed by atoms with Crippen molar-refractivity contribution in [2.45, 2.75) is 18.9 Å². The molecule has 0 atom stereocenters. The summed E-state index contributed by atoms with van der Waals surface area (Å²) in [5, 5.41) is 0. The molecule has 0 bridgehead atoms. The van der Waals surface area contributed by atoms with E-state index in [0.717, 1.165) is 12.8 Å². The van der Waals surface area contributed by atoms with Crippen molar-refractivity contribution in [3.05, 3.63) is 42.4 Å². The van der Waals surface area contributed by atoms with E-state index >= 15 is 0 Å². The third-order valence-electron chi connectivity index (χ3n) is 4.20. The van der Waals surface area contributed by atoms with Gasteiger partial charge in [0.05, 0.1) is 14.2 Å². The van der Waals surface area contributed by atoms with E-state index in [1.807, 2.05) is 4.90 Å². The number of ether oxygens (including phenoxy) is 3.